The Kier molecular flexibility index (Phi) is 4.09. The normalized spacial score (nSPS) is 17.3. The minimum atomic E-state index is -0.113. The predicted molar refractivity (Wildman–Crippen MR) is 113 cm³/mol. The Labute approximate surface area is 167 Å². The van der Waals surface area contributed by atoms with Crippen LogP contribution in [0.5, 0.6) is 0 Å². The lowest BCUT2D eigenvalue weighted by atomic mass is 10.2. The summed E-state index contributed by atoms with van der Waals surface area (Å²) in [5, 5.41) is 3.44. The lowest BCUT2D eigenvalue weighted by Gasteiger charge is -2.33. The minimum absolute atomic E-state index is 0.113. The van der Waals surface area contributed by atoms with Gasteiger partial charge in [-0.2, -0.15) is 0 Å². The number of anilines is 1. The van der Waals surface area contributed by atoms with Crippen molar-refractivity contribution in [2.75, 3.05) is 24.5 Å². The molecule has 1 N–H and O–H groups in total. The van der Waals surface area contributed by atoms with E-state index in [2.05, 4.69) is 27.1 Å². The van der Waals surface area contributed by atoms with E-state index in [1.54, 1.807) is 10.5 Å². The van der Waals surface area contributed by atoms with Crippen LogP contribution in [-0.4, -0.2) is 49.4 Å². The summed E-state index contributed by atoms with van der Waals surface area (Å²) in [6, 6.07) is 5.91. The molecule has 8 heteroatoms. The molecule has 148 valence electrons. The highest BCUT2D eigenvalue weighted by molar-refractivity contribution is 5.63. The van der Waals surface area contributed by atoms with Crippen LogP contribution in [0.1, 0.15) is 18.3 Å². The van der Waals surface area contributed by atoms with Crippen molar-refractivity contribution in [3.8, 4) is 11.4 Å². The van der Waals surface area contributed by atoms with Crippen molar-refractivity contribution in [2.24, 2.45) is 0 Å². The molecule has 8 nitrogen and oxygen atoms in total. The van der Waals surface area contributed by atoms with Crippen LogP contribution < -0.4 is 15.8 Å². The smallest absolute Gasteiger partial charge is 0.258 e. The van der Waals surface area contributed by atoms with E-state index in [1.165, 1.54) is 0 Å². The molecule has 29 heavy (non-hydrogen) atoms. The topological polar surface area (TPSA) is 79.8 Å². The monoisotopic (exact) mass is 389 g/mol. The Morgan fingerprint density at radius 2 is 1.93 bits per heavy atom. The Hall–Kier alpha value is -3.26. The summed E-state index contributed by atoms with van der Waals surface area (Å²) in [6.45, 7) is 8.82. The van der Waals surface area contributed by atoms with Crippen molar-refractivity contribution < 1.29 is 0 Å². The molecule has 0 spiro atoms. The van der Waals surface area contributed by atoms with Crippen LogP contribution in [0.4, 0.5) is 5.69 Å². The Morgan fingerprint density at radius 3 is 2.76 bits per heavy atom. The number of imidazole rings is 1. The average molecular weight is 389 g/mol. The summed E-state index contributed by atoms with van der Waals surface area (Å²) >= 11 is 0. The lowest BCUT2D eigenvalue weighted by Crippen LogP contribution is -2.49. The molecule has 1 fully saturated rings. The van der Waals surface area contributed by atoms with E-state index in [9.17, 15) is 4.79 Å². The molecule has 0 saturated carbocycles. The molecular formula is C21H23N7O. The Bertz CT molecular complexity index is 1290. The van der Waals surface area contributed by atoms with Gasteiger partial charge in [-0.15, -0.1) is 0 Å². The fourth-order valence-electron chi connectivity index (χ4n) is 4.00. The third kappa shape index (κ3) is 3.15. The third-order valence-corrected chi connectivity index (χ3v) is 5.37. The van der Waals surface area contributed by atoms with Crippen LogP contribution in [0.15, 0.2) is 41.6 Å². The average Bonchev–Trinajstić information content (AvgIpc) is 3.12. The third-order valence-electron chi connectivity index (χ3n) is 5.37. The second kappa shape index (κ2) is 6.66. The van der Waals surface area contributed by atoms with Gasteiger partial charge in [0.1, 0.15) is 11.3 Å². The van der Waals surface area contributed by atoms with Gasteiger partial charge in [0.25, 0.3) is 5.56 Å². The van der Waals surface area contributed by atoms with Crippen LogP contribution in [0.2, 0.25) is 0 Å². The summed E-state index contributed by atoms with van der Waals surface area (Å²) in [6.07, 6.45) is 5.70. The van der Waals surface area contributed by atoms with Gasteiger partial charge in [-0.25, -0.2) is 9.97 Å². The summed E-state index contributed by atoms with van der Waals surface area (Å²) in [4.78, 5) is 28.9. The van der Waals surface area contributed by atoms with Crippen molar-refractivity contribution in [2.45, 2.75) is 26.8 Å². The Morgan fingerprint density at radius 1 is 1.07 bits per heavy atom. The first-order valence-electron chi connectivity index (χ1n) is 9.83. The van der Waals surface area contributed by atoms with Gasteiger partial charge in [-0.3, -0.25) is 14.2 Å². The molecule has 1 unspecified atom stereocenters. The zero-order valence-corrected chi connectivity index (χ0v) is 16.8. The van der Waals surface area contributed by atoms with Crippen molar-refractivity contribution in [1.29, 1.82) is 0 Å². The molecule has 0 amide bonds. The minimum Gasteiger partial charge on any atom is -0.368 e. The van der Waals surface area contributed by atoms with E-state index in [0.717, 1.165) is 42.4 Å². The number of hydrogen-bond donors (Lipinski definition) is 1. The van der Waals surface area contributed by atoms with Gasteiger partial charge < -0.3 is 14.6 Å². The number of aromatic nitrogens is 5. The van der Waals surface area contributed by atoms with Crippen LogP contribution in [0, 0.1) is 13.8 Å². The van der Waals surface area contributed by atoms with Crippen LogP contribution in [0.3, 0.4) is 0 Å². The molecule has 0 aliphatic carbocycles. The molecule has 4 aromatic heterocycles. The molecule has 5 heterocycles. The lowest BCUT2D eigenvalue weighted by molar-refractivity contribution is 0.484. The maximum atomic E-state index is 12.9. The van der Waals surface area contributed by atoms with Crippen LogP contribution >= 0.6 is 0 Å². The number of nitrogens with one attached hydrogen (secondary N) is 1. The first kappa shape index (κ1) is 17.8. The molecule has 1 atom stereocenters. The van der Waals surface area contributed by atoms with E-state index >= 15 is 0 Å². The fraction of sp³-hybridized carbons (Fsp3) is 0.333. The number of piperazine rings is 1. The van der Waals surface area contributed by atoms with Gasteiger partial charge >= 0.3 is 0 Å². The highest BCUT2D eigenvalue weighted by Gasteiger charge is 2.17. The van der Waals surface area contributed by atoms with Gasteiger partial charge in [0.15, 0.2) is 5.65 Å². The summed E-state index contributed by atoms with van der Waals surface area (Å²) in [5.41, 5.74) is 5.31. The summed E-state index contributed by atoms with van der Waals surface area (Å²) < 4.78 is 3.55. The summed E-state index contributed by atoms with van der Waals surface area (Å²) in [5.74, 6) is 0. The maximum absolute atomic E-state index is 12.9. The molecule has 5 rings (SSSR count). The van der Waals surface area contributed by atoms with Gasteiger partial charge in [-0.1, -0.05) is 0 Å². The second-order valence-electron chi connectivity index (χ2n) is 7.72. The van der Waals surface area contributed by atoms with Crippen molar-refractivity contribution in [1.82, 2.24) is 29.1 Å². The number of hydrogen-bond acceptors (Lipinski definition) is 6. The Balaban J connectivity index is 1.57. The number of rotatable bonds is 2. The predicted octanol–water partition coefficient (Wildman–Crippen LogP) is 1.82. The van der Waals surface area contributed by atoms with Gasteiger partial charge in [0.2, 0.25) is 0 Å². The molecule has 0 aromatic carbocycles. The highest BCUT2D eigenvalue weighted by atomic mass is 16.1. The standard InChI is InChI=1S/C21H23N7O/c1-13-9-26(7-6-22-13)16-4-5-19-24-17(8-20(29)28(19)11-16)18-12-27-10-14(2)23-15(3)21(27)25-18/h4-5,8,10-13,22H,6-7,9H2,1-3H3. The molecule has 1 saturated heterocycles. The first-order valence-corrected chi connectivity index (χ1v) is 9.83. The second-order valence-corrected chi connectivity index (χ2v) is 7.72. The summed E-state index contributed by atoms with van der Waals surface area (Å²) in [7, 11) is 0. The van der Waals surface area contributed by atoms with Crippen molar-refractivity contribution in [3.05, 3.63) is 58.5 Å². The number of fused-ring (bicyclic) bond motifs is 2. The largest absolute Gasteiger partial charge is 0.368 e. The molecule has 1 aliphatic rings. The SMILES string of the molecule is Cc1cn2cc(-c3cc(=O)n4cc(N5CCNC(C)C5)ccc4n3)nc2c(C)n1. The zero-order chi connectivity index (χ0) is 20.1. The maximum Gasteiger partial charge on any atom is 0.258 e. The quantitative estimate of drug-likeness (QED) is 0.563. The highest BCUT2D eigenvalue weighted by Crippen LogP contribution is 2.20. The van der Waals surface area contributed by atoms with Gasteiger partial charge in [-0.05, 0) is 32.9 Å². The fourth-order valence-corrected chi connectivity index (χ4v) is 4.00. The van der Waals surface area contributed by atoms with E-state index < -0.39 is 0 Å². The van der Waals surface area contributed by atoms with Gasteiger partial charge in [0.05, 0.1) is 22.8 Å². The van der Waals surface area contributed by atoms with Crippen LogP contribution in [0.25, 0.3) is 22.7 Å². The van der Waals surface area contributed by atoms with E-state index in [0.29, 0.717) is 23.1 Å². The molecule has 0 radical (unpaired) electrons. The number of aryl methyl sites for hydroxylation is 2. The van der Waals surface area contributed by atoms with Crippen LogP contribution in [-0.2, 0) is 0 Å². The zero-order valence-electron chi connectivity index (χ0n) is 16.8. The van der Waals surface area contributed by atoms with E-state index in [1.807, 2.05) is 49.0 Å². The van der Waals surface area contributed by atoms with Crippen molar-refractivity contribution in [3.63, 3.8) is 0 Å². The van der Waals surface area contributed by atoms with E-state index in [-0.39, 0.29) is 5.56 Å². The number of nitrogens with zero attached hydrogens (tertiary/aromatic N) is 6. The molecule has 1 aliphatic heterocycles. The molecule has 4 aromatic rings. The van der Waals surface area contributed by atoms with Crippen molar-refractivity contribution >= 4 is 17.0 Å². The van der Waals surface area contributed by atoms with E-state index in [4.69, 9.17) is 4.98 Å². The number of pyridine rings is 1. The molecule has 0 bridgehead atoms. The van der Waals surface area contributed by atoms with Gasteiger partial charge in [0, 0.05) is 50.3 Å². The first-order chi connectivity index (χ1) is 14.0. The molecular weight excluding hydrogens is 366 g/mol.